The average molecular weight is 906 g/mol. The number of aliphatic hydroxyl groups excluding tert-OH is 6. The van der Waals surface area contributed by atoms with Crippen molar-refractivity contribution < 1.29 is 44.9 Å². The Bertz CT molecular complexity index is 1160. The second-order valence-electron chi connectivity index (χ2n) is 18.4. The molecule has 1 rings (SSSR count). The number of hydrogen-bond donors (Lipinski definition) is 7. The third kappa shape index (κ3) is 32.7. The van der Waals surface area contributed by atoms with Gasteiger partial charge < -0.3 is 45.4 Å². The molecule has 1 aliphatic heterocycles. The molecule has 10 nitrogen and oxygen atoms in total. The van der Waals surface area contributed by atoms with Gasteiger partial charge in [0.25, 0.3) is 0 Å². The fourth-order valence-corrected chi connectivity index (χ4v) is 8.14. The zero-order chi connectivity index (χ0) is 46.7. The van der Waals surface area contributed by atoms with Crippen LogP contribution in [-0.4, -0.2) is 98.7 Å². The van der Waals surface area contributed by atoms with Crippen molar-refractivity contribution in [3.63, 3.8) is 0 Å². The van der Waals surface area contributed by atoms with Crippen molar-refractivity contribution in [2.45, 2.75) is 275 Å². The van der Waals surface area contributed by atoms with E-state index in [1.165, 1.54) is 141 Å². The molecule has 7 N–H and O–H groups in total. The van der Waals surface area contributed by atoms with Gasteiger partial charge in [0, 0.05) is 0 Å². The number of allylic oxidation sites excluding steroid dienone is 7. The number of aliphatic hydroxyl groups is 6. The van der Waals surface area contributed by atoms with Crippen LogP contribution in [0.25, 0.3) is 0 Å². The third-order valence-corrected chi connectivity index (χ3v) is 12.4. The first-order valence-corrected chi connectivity index (χ1v) is 26.5. The van der Waals surface area contributed by atoms with Crippen LogP contribution < -0.4 is 5.32 Å². The number of ether oxygens (including phenoxy) is 2. The summed E-state index contributed by atoms with van der Waals surface area (Å²) in [5, 5.41) is 64.7. The lowest BCUT2D eigenvalue weighted by molar-refractivity contribution is -0.302. The van der Waals surface area contributed by atoms with E-state index in [-0.39, 0.29) is 6.61 Å². The first-order valence-electron chi connectivity index (χ1n) is 26.5. The molecule has 0 saturated carbocycles. The van der Waals surface area contributed by atoms with Gasteiger partial charge >= 0.3 is 0 Å². The number of carbonyl (C=O) groups is 1. The van der Waals surface area contributed by atoms with Crippen LogP contribution >= 0.6 is 0 Å². The topological polar surface area (TPSA) is 169 Å². The van der Waals surface area contributed by atoms with E-state index in [1.54, 1.807) is 6.08 Å². The fraction of sp³-hybridized carbons (Fsp3) is 0.833. The molecular weight excluding hydrogens is 807 g/mol. The van der Waals surface area contributed by atoms with E-state index in [1.807, 2.05) is 6.08 Å². The molecule has 0 radical (unpaired) electrons. The van der Waals surface area contributed by atoms with Gasteiger partial charge in [0.05, 0.1) is 25.4 Å². The van der Waals surface area contributed by atoms with Crippen molar-refractivity contribution in [2.24, 2.45) is 0 Å². The average Bonchev–Trinajstić information content (AvgIpc) is 3.29. The van der Waals surface area contributed by atoms with Crippen LogP contribution in [0.4, 0.5) is 0 Å². The van der Waals surface area contributed by atoms with E-state index < -0.39 is 61.5 Å². The Kier molecular flexibility index (Phi) is 41.0. The van der Waals surface area contributed by atoms with Gasteiger partial charge in [-0.25, -0.2) is 0 Å². The monoisotopic (exact) mass is 906 g/mol. The maximum Gasteiger partial charge on any atom is 0.249 e. The lowest BCUT2D eigenvalue weighted by atomic mass is 9.99. The molecule has 8 atom stereocenters. The summed E-state index contributed by atoms with van der Waals surface area (Å²) >= 11 is 0. The van der Waals surface area contributed by atoms with Crippen molar-refractivity contribution in [1.29, 1.82) is 0 Å². The van der Waals surface area contributed by atoms with Gasteiger partial charge in [0.1, 0.15) is 30.5 Å². The van der Waals surface area contributed by atoms with Crippen LogP contribution in [-0.2, 0) is 14.3 Å². The van der Waals surface area contributed by atoms with Crippen molar-refractivity contribution in [1.82, 2.24) is 5.32 Å². The Labute approximate surface area is 391 Å². The molecule has 1 saturated heterocycles. The van der Waals surface area contributed by atoms with Gasteiger partial charge in [-0.3, -0.25) is 4.79 Å². The third-order valence-electron chi connectivity index (χ3n) is 12.4. The molecule has 0 spiro atoms. The Morgan fingerprint density at radius 3 is 1.42 bits per heavy atom. The summed E-state index contributed by atoms with van der Waals surface area (Å²) in [6, 6.07) is -1.00. The predicted molar refractivity (Wildman–Crippen MR) is 264 cm³/mol. The number of amides is 1. The number of nitrogens with one attached hydrogen (secondary N) is 1. The van der Waals surface area contributed by atoms with Crippen molar-refractivity contribution in [3.05, 3.63) is 48.6 Å². The fourth-order valence-electron chi connectivity index (χ4n) is 8.14. The highest BCUT2D eigenvalue weighted by Gasteiger charge is 2.44. The van der Waals surface area contributed by atoms with Gasteiger partial charge in [-0.2, -0.15) is 0 Å². The standard InChI is InChI=1S/C54H99NO9/c1-3-5-7-9-11-13-15-16-17-18-19-20-21-22-23-24-25-26-27-28-29-30-31-33-35-37-39-41-43-48(58)53(62)55-46(45-63-54-52(61)51(60)50(59)49(44-56)64-54)47(57)42-40-38-36-34-32-14-12-10-8-6-4-2/h8,10,22-23,32,34,40,42,46-52,54,56-61H,3-7,9,11-21,24-31,33,35-39,41,43-45H2,1-2H3,(H,55,62)/b10-8+,23-22-,34-32+,42-40+. The smallest absolute Gasteiger partial charge is 0.249 e. The van der Waals surface area contributed by atoms with Crippen LogP contribution in [0, 0.1) is 0 Å². The van der Waals surface area contributed by atoms with Crippen LogP contribution in [0.2, 0.25) is 0 Å². The lowest BCUT2D eigenvalue weighted by Gasteiger charge is -2.40. The summed E-state index contributed by atoms with van der Waals surface area (Å²) in [7, 11) is 0. The minimum Gasteiger partial charge on any atom is -0.394 e. The molecule has 1 amide bonds. The predicted octanol–water partition coefficient (Wildman–Crippen LogP) is 11.1. The van der Waals surface area contributed by atoms with E-state index in [4.69, 9.17) is 9.47 Å². The zero-order valence-corrected chi connectivity index (χ0v) is 40.9. The van der Waals surface area contributed by atoms with E-state index in [2.05, 4.69) is 55.6 Å². The van der Waals surface area contributed by atoms with E-state index >= 15 is 0 Å². The summed E-state index contributed by atoms with van der Waals surface area (Å²) in [6.07, 6.45) is 46.6. The number of rotatable bonds is 44. The van der Waals surface area contributed by atoms with Crippen LogP contribution in [0.3, 0.4) is 0 Å². The molecule has 8 unspecified atom stereocenters. The maximum atomic E-state index is 13.1. The SMILES string of the molecule is CCC/C=C/CC/C=C/CC/C=C/C(O)C(COC1OC(CO)C(O)C(O)C1O)NC(=O)C(O)CCCCCCCCCCCCCC/C=C\CCCCCCCCCCCCCC. The Morgan fingerprint density at radius 2 is 0.953 bits per heavy atom. The van der Waals surface area contributed by atoms with E-state index in [9.17, 15) is 35.4 Å². The Balaban J connectivity index is 2.22. The van der Waals surface area contributed by atoms with Gasteiger partial charge in [0.15, 0.2) is 6.29 Å². The molecule has 1 aliphatic rings. The largest absolute Gasteiger partial charge is 0.394 e. The highest BCUT2D eigenvalue weighted by Crippen LogP contribution is 2.23. The second kappa shape index (κ2) is 43.7. The number of hydrogen-bond acceptors (Lipinski definition) is 9. The Hall–Kier alpha value is -1.89. The van der Waals surface area contributed by atoms with Gasteiger partial charge in [-0.05, 0) is 64.2 Å². The first kappa shape index (κ1) is 60.1. The Morgan fingerprint density at radius 1 is 0.531 bits per heavy atom. The molecule has 0 aromatic carbocycles. The molecular formula is C54H99NO9. The lowest BCUT2D eigenvalue weighted by Crippen LogP contribution is -2.60. The normalized spacial score (nSPS) is 20.9. The highest BCUT2D eigenvalue weighted by atomic mass is 16.7. The van der Waals surface area contributed by atoms with Crippen molar-refractivity contribution in [3.8, 4) is 0 Å². The molecule has 0 aromatic heterocycles. The number of unbranched alkanes of at least 4 members (excludes halogenated alkanes) is 27. The van der Waals surface area contributed by atoms with Crippen molar-refractivity contribution >= 4 is 5.91 Å². The maximum absolute atomic E-state index is 13.1. The molecule has 64 heavy (non-hydrogen) atoms. The van der Waals surface area contributed by atoms with Gasteiger partial charge in [-0.1, -0.05) is 210 Å². The highest BCUT2D eigenvalue weighted by molar-refractivity contribution is 5.80. The minimum absolute atomic E-state index is 0.300. The van der Waals surface area contributed by atoms with Gasteiger partial charge in [-0.15, -0.1) is 0 Å². The molecule has 0 bridgehead atoms. The van der Waals surface area contributed by atoms with Crippen LogP contribution in [0.1, 0.15) is 226 Å². The molecule has 0 aliphatic carbocycles. The van der Waals surface area contributed by atoms with Gasteiger partial charge in [0.2, 0.25) is 5.91 Å². The van der Waals surface area contributed by atoms with Crippen LogP contribution in [0.5, 0.6) is 0 Å². The molecule has 10 heteroatoms. The second-order valence-corrected chi connectivity index (χ2v) is 18.4. The van der Waals surface area contributed by atoms with E-state index in [0.29, 0.717) is 19.3 Å². The summed E-state index contributed by atoms with van der Waals surface area (Å²) < 4.78 is 11.1. The summed E-state index contributed by atoms with van der Waals surface area (Å²) in [4.78, 5) is 13.1. The first-order chi connectivity index (χ1) is 31.3. The molecule has 374 valence electrons. The molecule has 1 heterocycles. The molecule has 0 aromatic rings. The zero-order valence-electron chi connectivity index (χ0n) is 40.9. The summed E-state index contributed by atoms with van der Waals surface area (Å²) in [6.45, 7) is 3.51. The van der Waals surface area contributed by atoms with E-state index in [0.717, 1.165) is 51.4 Å². The molecule has 1 fully saturated rings. The summed E-state index contributed by atoms with van der Waals surface area (Å²) in [5.41, 5.74) is 0. The van der Waals surface area contributed by atoms with Crippen molar-refractivity contribution in [2.75, 3.05) is 13.2 Å². The van der Waals surface area contributed by atoms with Crippen LogP contribution in [0.15, 0.2) is 48.6 Å². The number of carbonyl (C=O) groups excluding carboxylic acids is 1. The minimum atomic E-state index is -1.62. The quantitative estimate of drug-likeness (QED) is 0.0232. The summed E-state index contributed by atoms with van der Waals surface area (Å²) in [5.74, 6) is -0.632.